The quantitative estimate of drug-likeness (QED) is 0.739. The predicted molar refractivity (Wildman–Crippen MR) is 74.5 cm³/mol. The number of esters is 1. The number of halogens is 3. The SMILES string of the molecule is Cc1ccc2c(c1)CC(c1ccccc1)(C(F)(F)F)OC2=O. The lowest BCUT2D eigenvalue weighted by molar-refractivity contribution is -0.267. The molecule has 5 heteroatoms. The van der Waals surface area contributed by atoms with Crippen LogP contribution in [0.5, 0.6) is 0 Å². The summed E-state index contributed by atoms with van der Waals surface area (Å²) in [6.07, 6.45) is -5.12. The number of carbonyl (C=O) groups excluding carboxylic acids is 1. The van der Waals surface area contributed by atoms with Gasteiger partial charge in [0.2, 0.25) is 5.60 Å². The molecule has 22 heavy (non-hydrogen) atoms. The first-order valence-corrected chi connectivity index (χ1v) is 6.79. The van der Waals surface area contributed by atoms with Crippen LogP contribution in [0.3, 0.4) is 0 Å². The van der Waals surface area contributed by atoms with Crippen LogP contribution in [-0.2, 0) is 16.8 Å². The molecule has 0 saturated carbocycles. The van der Waals surface area contributed by atoms with E-state index in [1.807, 2.05) is 0 Å². The molecule has 0 bridgehead atoms. The number of alkyl halides is 3. The van der Waals surface area contributed by atoms with Crippen molar-refractivity contribution in [3.05, 3.63) is 70.8 Å². The molecule has 1 aliphatic rings. The summed E-state index contributed by atoms with van der Waals surface area (Å²) in [5.41, 5.74) is -1.34. The maximum Gasteiger partial charge on any atom is 0.433 e. The number of rotatable bonds is 1. The van der Waals surface area contributed by atoms with Crippen molar-refractivity contribution in [1.82, 2.24) is 0 Å². The molecule has 1 atom stereocenters. The first kappa shape index (κ1) is 14.6. The molecule has 1 aliphatic heterocycles. The Morgan fingerprint density at radius 3 is 2.41 bits per heavy atom. The lowest BCUT2D eigenvalue weighted by atomic mass is 9.82. The van der Waals surface area contributed by atoms with Gasteiger partial charge in [-0.05, 0) is 18.6 Å². The standard InChI is InChI=1S/C17H13F3O2/c1-11-7-8-14-12(9-11)10-16(17(18,19)20,22-15(14)21)13-5-3-2-4-6-13/h2-9H,10H2,1H3. The van der Waals surface area contributed by atoms with Gasteiger partial charge in [0.15, 0.2) is 0 Å². The van der Waals surface area contributed by atoms with E-state index in [1.165, 1.54) is 30.3 Å². The normalized spacial score (nSPS) is 21.2. The maximum atomic E-state index is 13.8. The van der Waals surface area contributed by atoms with E-state index >= 15 is 0 Å². The molecule has 0 N–H and O–H groups in total. The Labute approximate surface area is 125 Å². The van der Waals surface area contributed by atoms with Gasteiger partial charge >= 0.3 is 12.1 Å². The number of aryl methyl sites for hydroxylation is 1. The fourth-order valence-corrected chi connectivity index (χ4v) is 2.78. The summed E-state index contributed by atoms with van der Waals surface area (Å²) in [6.45, 7) is 1.78. The van der Waals surface area contributed by atoms with Gasteiger partial charge in [0.05, 0.1) is 5.56 Å². The monoisotopic (exact) mass is 306 g/mol. The number of cyclic esters (lactones) is 1. The van der Waals surface area contributed by atoms with Crippen LogP contribution in [0, 0.1) is 6.92 Å². The number of hydrogen-bond donors (Lipinski definition) is 0. The van der Waals surface area contributed by atoms with Crippen molar-refractivity contribution in [3.8, 4) is 0 Å². The van der Waals surface area contributed by atoms with Crippen LogP contribution in [0.25, 0.3) is 0 Å². The Morgan fingerprint density at radius 1 is 1.09 bits per heavy atom. The van der Waals surface area contributed by atoms with E-state index in [1.54, 1.807) is 25.1 Å². The Bertz CT molecular complexity index is 722. The topological polar surface area (TPSA) is 26.3 Å². The predicted octanol–water partition coefficient (Wildman–Crippen LogP) is 4.17. The average molecular weight is 306 g/mol. The van der Waals surface area contributed by atoms with Crippen molar-refractivity contribution in [2.45, 2.75) is 25.1 Å². The molecule has 1 heterocycles. The van der Waals surface area contributed by atoms with Gasteiger partial charge in [-0.3, -0.25) is 0 Å². The van der Waals surface area contributed by atoms with Crippen molar-refractivity contribution in [2.75, 3.05) is 0 Å². The smallest absolute Gasteiger partial charge is 0.433 e. The number of fused-ring (bicyclic) bond motifs is 1. The van der Waals surface area contributed by atoms with Gasteiger partial charge in [-0.15, -0.1) is 0 Å². The summed E-state index contributed by atoms with van der Waals surface area (Å²) in [5, 5.41) is 0. The molecule has 114 valence electrons. The third-order valence-electron chi connectivity index (χ3n) is 3.88. The summed E-state index contributed by atoms with van der Waals surface area (Å²) in [5.74, 6) is -0.942. The van der Waals surface area contributed by atoms with Crippen molar-refractivity contribution >= 4 is 5.97 Å². The second-order valence-electron chi connectivity index (χ2n) is 5.42. The molecule has 3 rings (SSSR count). The molecule has 0 fully saturated rings. The minimum absolute atomic E-state index is 0.0667. The van der Waals surface area contributed by atoms with E-state index in [0.29, 0.717) is 5.56 Å². The Morgan fingerprint density at radius 2 is 1.77 bits per heavy atom. The number of hydrogen-bond acceptors (Lipinski definition) is 2. The highest BCUT2D eigenvalue weighted by molar-refractivity contribution is 5.92. The van der Waals surface area contributed by atoms with E-state index in [2.05, 4.69) is 0 Å². The minimum Gasteiger partial charge on any atom is -0.440 e. The van der Waals surface area contributed by atoms with Gasteiger partial charge in [-0.1, -0.05) is 48.0 Å². The van der Waals surface area contributed by atoms with Crippen molar-refractivity contribution < 1.29 is 22.7 Å². The van der Waals surface area contributed by atoms with Gasteiger partial charge in [-0.2, -0.15) is 13.2 Å². The lowest BCUT2D eigenvalue weighted by Gasteiger charge is -2.39. The number of benzene rings is 2. The highest BCUT2D eigenvalue weighted by atomic mass is 19.4. The third-order valence-corrected chi connectivity index (χ3v) is 3.88. The number of carbonyl (C=O) groups is 1. The Balaban J connectivity index is 2.20. The summed E-state index contributed by atoms with van der Waals surface area (Å²) in [7, 11) is 0. The molecule has 2 aromatic rings. The van der Waals surface area contributed by atoms with Gasteiger partial charge in [0.25, 0.3) is 0 Å². The van der Waals surface area contributed by atoms with Crippen LogP contribution < -0.4 is 0 Å². The molecule has 0 aromatic heterocycles. The molecule has 0 radical (unpaired) electrons. The largest absolute Gasteiger partial charge is 0.440 e. The third kappa shape index (κ3) is 2.17. The van der Waals surface area contributed by atoms with E-state index in [4.69, 9.17) is 4.74 Å². The second-order valence-corrected chi connectivity index (χ2v) is 5.42. The average Bonchev–Trinajstić information content (AvgIpc) is 2.46. The summed E-state index contributed by atoms with van der Waals surface area (Å²) in [6, 6.07) is 12.1. The summed E-state index contributed by atoms with van der Waals surface area (Å²) in [4.78, 5) is 12.1. The molecular formula is C17H13F3O2. The fourth-order valence-electron chi connectivity index (χ4n) is 2.78. The van der Waals surface area contributed by atoms with E-state index < -0.39 is 24.2 Å². The zero-order chi connectivity index (χ0) is 16.0. The Hall–Kier alpha value is -2.30. The zero-order valence-electron chi connectivity index (χ0n) is 11.8. The summed E-state index contributed by atoms with van der Waals surface area (Å²) >= 11 is 0. The zero-order valence-corrected chi connectivity index (χ0v) is 11.8. The van der Waals surface area contributed by atoms with Gasteiger partial charge in [0.1, 0.15) is 0 Å². The minimum atomic E-state index is -4.70. The lowest BCUT2D eigenvalue weighted by Crippen LogP contribution is -2.50. The second kappa shape index (κ2) is 4.87. The molecule has 0 saturated heterocycles. The van der Waals surface area contributed by atoms with Gasteiger partial charge < -0.3 is 4.74 Å². The van der Waals surface area contributed by atoms with Crippen molar-refractivity contribution in [1.29, 1.82) is 0 Å². The van der Waals surface area contributed by atoms with Crippen LogP contribution in [0.4, 0.5) is 13.2 Å². The van der Waals surface area contributed by atoms with Crippen LogP contribution in [-0.4, -0.2) is 12.1 Å². The van der Waals surface area contributed by atoms with Crippen molar-refractivity contribution in [3.63, 3.8) is 0 Å². The molecule has 2 nitrogen and oxygen atoms in total. The van der Waals surface area contributed by atoms with Crippen LogP contribution in [0.2, 0.25) is 0 Å². The van der Waals surface area contributed by atoms with Gasteiger partial charge in [0, 0.05) is 12.0 Å². The first-order chi connectivity index (χ1) is 10.3. The van der Waals surface area contributed by atoms with Crippen molar-refractivity contribution in [2.24, 2.45) is 0 Å². The maximum absolute atomic E-state index is 13.8. The molecule has 1 unspecified atom stereocenters. The molecule has 0 aliphatic carbocycles. The van der Waals surface area contributed by atoms with Crippen LogP contribution in [0.1, 0.15) is 27.0 Å². The molecule has 2 aromatic carbocycles. The van der Waals surface area contributed by atoms with E-state index in [9.17, 15) is 18.0 Å². The molecular weight excluding hydrogens is 293 g/mol. The Kier molecular flexibility index (Phi) is 3.24. The van der Waals surface area contributed by atoms with Crippen LogP contribution in [0.15, 0.2) is 48.5 Å². The van der Waals surface area contributed by atoms with E-state index in [-0.39, 0.29) is 11.1 Å². The highest BCUT2D eigenvalue weighted by Crippen LogP contribution is 2.47. The molecule has 0 spiro atoms. The number of ether oxygens (including phenoxy) is 1. The summed E-state index contributed by atoms with van der Waals surface area (Å²) < 4.78 is 46.2. The van der Waals surface area contributed by atoms with Crippen LogP contribution >= 0.6 is 0 Å². The first-order valence-electron chi connectivity index (χ1n) is 6.79. The highest BCUT2D eigenvalue weighted by Gasteiger charge is 2.61. The fraction of sp³-hybridized carbons (Fsp3) is 0.235. The van der Waals surface area contributed by atoms with Gasteiger partial charge in [-0.25, -0.2) is 4.79 Å². The van der Waals surface area contributed by atoms with E-state index in [0.717, 1.165) is 5.56 Å². The molecule has 0 amide bonds.